The van der Waals surface area contributed by atoms with Crippen LogP contribution in [-0.4, -0.2) is 23.8 Å². The first-order chi connectivity index (χ1) is 17.5. The average molecular weight is 500 g/mol. The highest BCUT2D eigenvalue weighted by Gasteiger charge is 2.27. The summed E-state index contributed by atoms with van der Waals surface area (Å²) >= 11 is 0. The van der Waals surface area contributed by atoms with Crippen molar-refractivity contribution in [3.8, 4) is 11.5 Å². The minimum Gasteiger partial charge on any atom is -0.507 e. The van der Waals surface area contributed by atoms with Gasteiger partial charge in [0.15, 0.2) is 5.84 Å². The summed E-state index contributed by atoms with van der Waals surface area (Å²) in [5, 5.41) is 15.7. The minimum atomic E-state index is -0.248. The topological polar surface area (TPSA) is 66.2 Å². The molecule has 0 atom stereocenters. The Bertz CT molecular complexity index is 1180. The van der Waals surface area contributed by atoms with E-state index in [1.54, 1.807) is 6.21 Å². The number of amidine groups is 1. The van der Waals surface area contributed by atoms with Crippen molar-refractivity contribution >= 4 is 17.7 Å². The Morgan fingerprint density at radius 1 is 0.892 bits per heavy atom. The number of aromatic hydroxyl groups is 1. The van der Waals surface area contributed by atoms with Crippen LogP contribution in [0.1, 0.15) is 83.6 Å². The van der Waals surface area contributed by atoms with Crippen molar-refractivity contribution in [1.82, 2.24) is 5.43 Å². The van der Waals surface area contributed by atoms with Crippen LogP contribution in [0.2, 0.25) is 0 Å². The van der Waals surface area contributed by atoms with Crippen molar-refractivity contribution in [2.24, 2.45) is 10.1 Å². The summed E-state index contributed by atoms with van der Waals surface area (Å²) in [4.78, 5) is 4.88. The first-order valence-corrected chi connectivity index (χ1v) is 13.0. The number of para-hydroxylation sites is 1. The maximum Gasteiger partial charge on any atom is 0.154 e. The maximum absolute atomic E-state index is 11.2. The lowest BCUT2D eigenvalue weighted by Gasteiger charge is -2.28. The number of ether oxygens (including phenoxy) is 1. The molecule has 5 nitrogen and oxygen atoms in total. The monoisotopic (exact) mass is 499 g/mol. The predicted molar refractivity (Wildman–Crippen MR) is 156 cm³/mol. The number of aliphatic imine (C=N–C) groups is 1. The van der Waals surface area contributed by atoms with E-state index >= 15 is 0 Å². The third-order valence-electron chi connectivity index (χ3n) is 6.03. The number of nitrogens with zero attached hydrogens (tertiary/aromatic N) is 2. The highest BCUT2D eigenvalue weighted by Crippen LogP contribution is 2.40. The van der Waals surface area contributed by atoms with E-state index in [0.29, 0.717) is 11.6 Å². The lowest BCUT2D eigenvalue weighted by Crippen LogP contribution is -2.23. The van der Waals surface area contributed by atoms with Gasteiger partial charge in [-0.15, -0.1) is 0 Å². The zero-order valence-electron chi connectivity index (χ0n) is 23.3. The fourth-order valence-electron chi connectivity index (χ4n) is 3.85. The van der Waals surface area contributed by atoms with Gasteiger partial charge in [0, 0.05) is 16.7 Å². The van der Waals surface area contributed by atoms with Gasteiger partial charge in [0.25, 0.3) is 0 Å². The van der Waals surface area contributed by atoms with E-state index in [4.69, 9.17) is 9.73 Å². The molecule has 0 unspecified atom stereocenters. The molecule has 0 saturated carbocycles. The highest BCUT2D eigenvalue weighted by atomic mass is 16.5. The first-order valence-electron chi connectivity index (χ1n) is 13.0. The van der Waals surface area contributed by atoms with Crippen molar-refractivity contribution in [3.05, 3.63) is 89.0 Å². The molecule has 5 heteroatoms. The second-order valence-corrected chi connectivity index (χ2v) is 11.4. The number of unbranched alkanes of at least 4 members (excludes halogenated alkanes) is 1. The van der Waals surface area contributed by atoms with Gasteiger partial charge in [-0.25, -0.2) is 4.99 Å². The van der Waals surface area contributed by atoms with E-state index in [1.165, 1.54) is 0 Å². The van der Waals surface area contributed by atoms with E-state index < -0.39 is 0 Å². The summed E-state index contributed by atoms with van der Waals surface area (Å²) in [7, 11) is 0. The molecule has 3 rings (SSSR count). The summed E-state index contributed by atoms with van der Waals surface area (Å²) in [5.41, 5.74) is 7.06. The van der Waals surface area contributed by atoms with Gasteiger partial charge in [-0.3, -0.25) is 5.43 Å². The maximum atomic E-state index is 11.2. The van der Waals surface area contributed by atoms with E-state index in [2.05, 4.69) is 59.0 Å². The van der Waals surface area contributed by atoms with Gasteiger partial charge in [-0.2, -0.15) is 5.10 Å². The molecule has 0 aliphatic carbocycles. The number of hydrogen-bond donors (Lipinski definition) is 2. The summed E-state index contributed by atoms with van der Waals surface area (Å²) < 4.78 is 5.76. The Labute approximate surface area is 222 Å². The first kappa shape index (κ1) is 28.0. The van der Waals surface area contributed by atoms with Crippen LogP contribution >= 0.6 is 0 Å². The zero-order chi connectivity index (χ0) is 27.1. The van der Waals surface area contributed by atoms with Crippen molar-refractivity contribution in [1.29, 1.82) is 0 Å². The van der Waals surface area contributed by atoms with Gasteiger partial charge in [0.05, 0.1) is 18.5 Å². The number of benzene rings is 3. The SMILES string of the molecule is CCCCOc1ccc(/C=N/NC(=Nc2ccccc2)c2cc(C(C)(C)C)c(O)c(C(C)(C)C)c2)cc1. The van der Waals surface area contributed by atoms with Crippen LogP contribution in [0.3, 0.4) is 0 Å². The number of hydrazone groups is 1. The van der Waals surface area contributed by atoms with Gasteiger partial charge in [-0.05, 0) is 71.3 Å². The molecule has 0 fully saturated rings. The van der Waals surface area contributed by atoms with Crippen molar-refractivity contribution < 1.29 is 9.84 Å². The molecule has 0 aromatic heterocycles. The molecular weight excluding hydrogens is 458 g/mol. The Morgan fingerprint density at radius 3 is 2.03 bits per heavy atom. The normalized spacial score (nSPS) is 12.7. The molecule has 0 aliphatic heterocycles. The third-order valence-corrected chi connectivity index (χ3v) is 6.03. The average Bonchev–Trinajstić information content (AvgIpc) is 2.84. The Hall–Kier alpha value is -3.60. The molecular formula is C32H41N3O2. The molecule has 37 heavy (non-hydrogen) atoms. The fourth-order valence-corrected chi connectivity index (χ4v) is 3.85. The summed E-state index contributed by atoms with van der Waals surface area (Å²) in [6, 6.07) is 21.7. The molecule has 0 heterocycles. The van der Waals surface area contributed by atoms with Crippen LogP contribution < -0.4 is 10.2 Å². The minimum absolute atomic E-state index is 0.248. The van der Waals surface area contributed by atoms with Gasteiger partial charge >= 0.3 is 0 Å². The number of hydrogen-bond acceptors (Lipinski definition) is 4. The van der Waals surface area contributed by atoms with E-state index in [9.17, 15) is 5.11 Å². The molecule has 0 spiro atoms. The van der Waals surface area contributed by atoms with Crippen molar-refractivity contribution in [2.75, 3.05) is 6.61 Å². The van der Waals surface area contributed by atoms with E-state index in [1.807, 2.05) is 66.7 Å². The second-order valence-electron chi connectivity index (χ2n) is 11.4. The van der Waals surface area contributed by atoms with Crippen LogP contribution in [0.4, 0.5) is 5.69 Å². The fraction of sp³-hybridized carbons (Fsp3) is 0.375. The molecule has 2 N–H and O–H groups in total. The lowest BCUT2D eigenvalue weighted by atomic mass is 9.78. The van der Waals surface area contributed by atoms with Gasteiger partial charge < -0.3 is 9.84 Å². The molecule has 3 aromatic carbocycles. The van der Waals surface area contributed by atoms with Crippen molar-refractivity contribution in [3.63, 3.8) is 0 Å². The standard InChI is InChI=1S/C32H41N3O2/c1-8-9-19-37-26-17-15-23(16-18-26)22-33-35-30(34-25-13-11-10-12-14-25)24-20-27(31(2,3)4)29(36)28(21-24)32(5,6)7/h10-18,20-22,36H,8-9,19H2,1-7H3,(H,34,35)/b33-22+. The molecule has 3 aromatic rings. The van der Waals surface area contributed by atoms with Crippen molar-refractivity contribution in [2.45, 2.75) is 72.1 Å². The number of nitrogens with one attached hydrogen (secondary N) is 1. The Balaban J connectivity index is 1.97. The highest BCUT2D eigenvalue weighted by molar-refractivity contribution is 6.01. The van der Waals surface area contributed by atoms with Crippen LogP contribution in [0.5, 0.6) is 11.5 Å². The number of phenolic OH excluding ortho intramolecular Hbond substituents is 1. The van der Waals surface area contributed by atoms with Gasteiger partial charge in [-0.1, -0.05) is 73.1 Å². The van der Waals surface area contributed by atoms with Gasteiger partial charge in [0.1, 0.15) is 11.5 Å². The quantitative estimate of drug-likeness (QED) is 0.143. The largest absolute Gasteiger partial charge is 0.507 e. The number of phenols is 1. The second kappa shape index (κ2) is 12.1. The van der Waals surface area contributed by atoms with Crippen LogP contribution in [-0.2, 0) is 10.8 Å². The predicted octanol–water partition coefficient (Wildman–Crippen LogP) is 7.87. The van der Waals surface area contributed by atoms with Crippen LogP contribution in [0.25, 0.3) is 0 Å². The lowest BCUT2D eigenvalue weighted by molar-refractivity contribution is 0.309. The Kier molecular flexibility index (Phi) is 9.14. The van der Waals surface area contributed by atoms with Crippen LogP contribution in [0, 0.1) is 0 Å². The van der Waals surface area contributed by atoms with Gasteiger partial charge in [0.2, 0.25) is 0 Å². The molecule has 0 radical (unpaired) electrons. The number of rotatable bonds is 8. The molecule has 0 bridgehead atoms. The summed E-state index contributed by atoms with van der Waals surface area (Å²) in [5.74, 6) is 1.81. The smallest absolute Gasteiger partial charge is 0.154 e. The van der Waals surface area contributed by atoms with E-state index in [-0.39, 0.29) is 10.8 Å². The molecule has 196 valence electrons. The summed E-state index contributed by atoms with van der Waals surface area (Å²) in [6.07, 6.45) is 3.92. The molecule has 0 aliphatic rings. The van der Waals surface area contributed by atoms with Crippen LogP contribution in [0.15, 0.2) is 76.8 Å². The summed E-state index contributed by atoms with van der Waals surface area (Å²) in [6.45, 7) is 15.5. The zero-order valence-corrected chi connectivity index (χ0v) is 23.3. The van der Waals surface area contributed by atoms with E-state index in [0.717, 1.165) is 53.1 Å². The Morgan fingerprint density at radius 2 is 1.49 bits per heavy atom. The molecule has 0 saturated heterocycles. The third kappa shape index (κ3) is 7.94. The molecule has 0 amide bonds.